The number of hydrogen-bond donors (Lipinski definition) is 1. The molecule has 0 spiro atoms. The monoisotopic (exact) mass is 269 g/mol. The van der Waals surface area contributed by atoms with Crippen LogP contribution in [0.2, 0.25) is 0 Å². The summed E-state index contributed by atoms with van der Waals surface area (Å²) in [6.45, 7) is 1.80. The Balaban J connectivity index is 2.03. The average molecular weight is 269 g/mol. The van der Waals surface area contributed by atoms with E-state index in [0.717, 1.165) is 16.7 Å². The zero-order valence-corrected chi connectivity index (χ0v) is 11.3. The predicted molar refractivity (Wildman–Crippen MR) is 79.7 cm³/mol. The molecule has 3 heteroatoms. The number of nitrogens with two attached hydrogens (primary N) is 1. The molecule has 0 aromatic heterocycles. The van der Waals surface area contributed by atoms with Gasteiger partial charge in [0.15, 0.2) is 5.78 Å². The zero-order chi connectivity index (χ0) is 14.5. The molecule has 0 saturated carbocycles. The molecule has 0 bridgehead atoms. The van der Waals surface area contributed by atoms with E-state index in [1.54, 1.807) is 31.2 Å². The lowest BCUT2D eigenvalue weighted by Gasteiger charge is -2.03. The van der Waals surface area contributed by atoms with E-state index < -0.39 is 0 Å². The van der Waals surface area contributed by atoms with Gasteiger partial charge in [-0.25, -0.2) is 4.39 Å². The Morgan fingerprint density at radius 1 is 1.20 bits per heavy atom. The lowest BCUT2D eigenvalue weighted by molar-refractivity contribution is -0.113. The van der Waals surface area contributed by atoms with E-state index in [4.69, 9.17) is 5.73 Å². The molecule has 2 aromatic rings. The number of carbonyl (C=O) groups excluding carboxylic acids is 1. The maximum atomic E-state index is 13.0. The van der Waals surface area contributed by atoms with Gasteiger partial charge in [0.1, 0.15) is 5.82 Å². The number of carbonyl (C=O) groups is 1. The lowest BCUT2D eigenvalue weighted by Crippen LogP contribution is -2.00. The molecule has 2 nitrogen and oxygen atoms in total. The minimum Gasteiger partial charge on any atom is -0.399 e. The Morgan fingerprint density at radius 2 is 1.90 bits per heavy atom. The van der Waals surface area contributed by atoms with Crippen molar-refractivity contribution >= 4 is 17.5 Å². The van der Waals surface area contributed by atoms with Crippen molar-refractivity contribution in [1.29, 1.82) is 0 Å². The number of nitrogen functional groups attached to an aromatic ring is 1. The topological polar surface area (TPSA) is 43.1 Å². The summed E-state index contributed by atoms with van der Waals surface area (Å²) < 4.78 is 13.0. The molecule has 0 atom stereocenters. The molecule has 2 rings (SSSR count). The summed E-state index contributed by atoms with van der Waals surface area (Å²) in [6, 6.07) is 11.7. The highest BCUT2D eigenvalue weighted by Crippen LogP contribution is 2.12. The van der Waals surface area contributed by atoms with Crippen LogP contribution in [0.3, 0.4) is 0 Å². The molecule has 0 heterocycles. The van der Waals surface area contributed by atoms with Gasteiger partial charge < -0.3 is 5.73 Å². The number of anilines is 1. The maximum Gasteiger partial charge on any atom is 0.160 e. The molecular weight excluding hydrogens is 253 g/mol. The molecule has 0 amide bonds. The van der Waals surface area contributed by atoms with Crippen molar-refractivity contribution in [2.24, 2.45) is 0 Å². The van der Waals surface area contributed by atoms with E-state index in [2.05, 4.69) is 0 Å². The second kappa shape index (κ2) is 6.15. The van der Waals surface area contributed by atoms with E-state index in [1.807, 2.05) is 12.1 Å². The normalized spacial score (nSPS) is 10.9. The number of rotatable bonds is 4. The van der Waals surface area contributed by atoms with Gasteiger partial charge in [0.25, 0.3) is 0 Å². The van der Waals surface area contributed by atoms with E-state index in [-0.39, 0.29) is 18.0 Å². The molecule has 0 aliphatic rings. The molecule has 2 N–H and O–H groups in total. The van der Waals surface area contributed by atoms with Crippen LogP contribution in [-0.4, -0.2) is 5.78 Å². The van der Waals surface area contributed by atoms with E-state index in [0.29, 0.717) is 5.69 Å². The van der Waals surface area contributed by atoms with Crippen LogP contribution >= 0.6 is 0 Å². The second-order valence-corrected chi connectivity index (χ2v) is 4.71. The van der Waals surface area contributed by atoms with Crippen molar-refractivity contribution in [1.82, 2.24) is 0 Å². The Bertz CT molecular complexity index is 645. The quantitative estimate of drug-likeness (QED) is 0.681. The van der Waals surface area contributed by atoms with Crippen molar-refractivity contribution in [3.63, 3.8) is 0 Å². The van der Waals surface area contributed by atoms with Crippen LogP contribution in [0.1, 0.15) is 16.7 Å². The van der Waals surface area contributed by atoms with Crippen LogP contribution in [0.5, 0.6) is 0 Å². The van der Waals surface area contributed by atoms with Crippen LogP contribution < -0.4 is 5.73 Å². The van der Waals surface area contributed by atoms with Crippen LogP contribution in [0.4, 0.5) is 10.1 Å². The van der Waals surface area contributed by atoms with Gasteiger partial charge in [0, 0.05) is 12.1 Å². The first-order valence-electron chi connectivity index (χ1n) is 6.36. The minimum absolute atomic E-state index is 0.0171. The Kier molecular flexibility index (Phi) is 4.31. The number of benzene rings is 2. The van der Waals surface area contributed by atoms with Crippen molar-refractivity contribution in [2.75, 3.05) is 5.73 Å². The molecule has 0 unspecified atom stereocenters. The smallest absolute Gasteiger partial charge is 0.160 e. The van der Waals surface area contributed by atoms with Gasteiger partial charge in [-0.1, -0.05) is 24.3 Å². The molecule has 0 aliphatic heterocycles. The number of hydrogen-bond acceptors (Lipinski definition) is 2. The minimum atomic E-state index is -0.281. The Hall–Kier alpha value is -2.42. The standard InChI is InChI=1S/C17H16FNO/c1-12-10-15(18)6-5-14(12)11-17(20)9-4-13-2-7-16(19)8-3-13/h2-10H,11,19H2,1H3/b9-4+. The van der Waals surface area contributed by atoms with Gasteiger partial charge in [0.05, 0.1) is 0 Å². The number of allylic oxidation sites excluding steroid dienone is 1. The van der Waals surface area contributed by atoms with Crippen molar-refractivity contribution in [2.45, 2.75) is 13.3 Å². The van der Waals surface area contributed by atoms with E-state index in [9.17, 15) is 9.18 Å². The summed E-state index contributed by atoms with van der Waals surface area (Å²) >= 11 is 0. The first-order chi connectivity index (χ1) is 9.54. The summed E-state index contributed by atoms with van der Waals surface area (Å²) in [4.78, 5) is 11.9. The highest BCUT2D eigenvalue weighted by atomic mass is 19.1. The lowest BCUT2D eigenvalue weighted by atomic mass is 10.0. The van der Waals surface area contributed by atoms with Gasteiger partial charge in [-0.15, -0.1) is 0 Å². The molecule has 102 valence electrons. The maximum absolute atomic E-state index is 13.0. The summed E-state index contributed by atoms with van der Waals surface area (Å²) in [5.74, 6) is -0.298. The van der Waals surface area contributed by atoms with Crippen molar-refractivity contribution in [3.05, 3.63) is 71.0 Å². The van der Waals surface area contributed by atoms with Gasteiger partial charge in [-0.3, -0.25) is 4.79 Å². The first-order valence-corrected chi connectivity index (χ1v) is 6.36. The van der Waals surface area contributed by atoms with Crippen LogP contribution in [0.25, 0.3) is 6.08 Å². The zero-order valence-electron chi connectivity index (χ0n) is 11.3. The average Bonchev–Trinajstić information content (AvgIpc) is 2.41. The third-order valence-corrected chi connectivity index (χ3v) is 3.07. The first kappa shape index (κ1) is 14.0. The van der Waals surface area contributed by atoms with Gasteiger partial charge >= 0.3 is 0 Å². The fraction of sp³-hybridized carbons (Fsp3) is 0.118. The highest BCUT2D eigenvalue weighted by Gasteiger charge is 2.04. The molecule has 0 radical (unpaired) electrons. The van der Waals surface area contributed by atoms with Crippen molar-refractivity contribution in [3.8, 4) is 0 Å². The fourth-order valence-electron chi connectivity index (χ4n) is 1.90. The van der Waals surface area contributed by atoms with Crippen LogP contribution in [0.15, 0.2) is 48.5 Å². The molecule has 2 aromatic carbocycles. The van der Waals surface area contributed by atoms with Crippen LogP contribution in [-0.2, 0) is 11.2 Å². The molecule has 0 aliphatic carbocycles. The van der Waals surface area contributed by atoms with Gasteiger partial charge in [-0.05, 0) is 54.0 Å². The van der Waals surface area contributed by atoms with E-state index in [1.165, 1.54) is 18.2 Å². The predicted octanol–water partition coefficient (Wildman–Crippen LogP) is 3.54. The second-order valence-electron chi connectivity index (χ2n) is 4.71. The summed E-state index contributed by atoms with van der Waals surface area (Å²) in [5, 5.41) is 0. The number of ketones is 1. The van der Waals surface area contributed by atoms with Gasteiger partial charge in [0.2, 0.25) is 0 Å². The van der Waals surface area contributed by atoms with Gasteiger partial charge in [-0.2, -0.15) is 0 Å². The summed E-state index contributed by atoms with van der Waals surface area (Å²) in [6.07, 6.45) is 3.56. The Morgan fingerprint density at radius 3 is 2.55 bits per heavy atom. The number of halogens is 1. The molecule has 0 fully saturated rings. The molecule has 0 saturated heterocycles. The SMILES string of the molecule is Cc1cc(F)ccc1CC(=O)/C=C/c1ccc(N)cc1. The van der Waals surface area contributed by atoms with Crippen LogP contribution in [0, 0.1) is 12.7 Å². The fourth-order valence-corrected chi connectivity index (χ4v) is 1.90. The molecule has 20 heavy (non-hydrogen) atoms. The highest BCUT2D eigenvalue weighted by molar-refractivity contribution is 5.95. The third kappa shape index (κ3) is 3.79. The Labute approximate surface area is 117 Å². The third-order valence-electron chi connectivity index (χ3n) is 3.07. The largest absolute Gasteiger partial charge is 0.399 e. The summed E-state index contributed by atoms with van der Waals surface area (Å²) in [5.41, 5.74) is 8.84. The number of aryl methyl sites for hydroxylation is 1. The molecular formula is C17H16FNO. The summed E-state index contributed by atoms with van der Waals surface area (Å²) in [7, 11) is 0. The van der Waals surface area contributed by atoms with Crippen molar-refractivity contribution < 1.29 is 9.18 Å². The van der Waals surface area contributed by atoms with E-state index >= 15 is 0 Å².